The van der Waals surface area contributed by atoms with Crippen molar-refractivity contribution in [1.82, 2.24) is 16.0 Å². The number of rotatable bonds is 6. The molecular formula is C20H29F2IN4O. The molecule has 28 heavy (non-hydrogen) atoms. The number of hydrogen-bond acceptors (Lipinski definition) is 2. The van der Waals surface area contributed by atoms with Crippen LogP contribution < -0.4 is 16.0 Å². The molecule has 0 aromatic heterocycles. The van der Waals surface area contributed by atoms with Crippen molar-refractivity contribution in [3.05, 3.63) is 35.4 Å². The van der Waals surface area contributed by atoms with Gasteiger partial charge in [0.25, 0.3) is 0 Å². The lowest BCUT2D eigenvalue weighted by atomic mass is 9.85. The maximum absolute atomic E-state index is 13.7. The van der Waals surface area contributed by atoms with Gasteiger partial charge < -0.3 is 16.0 Å². The predicted octanol–water partition coefficient (Wildman–Crippen LogP) is 3.13. The van der Waals surface area contributed by atoms with E-state index in [1.807, 2.05) is 0 Å². The highest BCUT2D eigenvalue weighted by Gasteiger charge is 2.31. The van der Waals surface area contributed by atoms with E-state index in [2.05, 4.69) is 20.9 Å². The third-order valence-electron chi connectivity index (χ3n) is 5.24. The van der Waals surface area contributed by atoms with E-state index in [1.165, 1.54) is 12.1 Å². The molecule has 5 nitrogen and oxygen atoms in total. The number of aliphatic imine (C=N–C) groups is 1. The number of carbonyl (C=O) groups excluding carboxylic acids is 1. The van der Waals surface area contributed by atoms with Crippen LogP contribution in [0.4, 0.5) is 8.78 Å². The van der Waals surface area contributed by atoms with E-state index in [0.29, 0.717) is 30.5 Å². The monoisotopic (exact) mass is 506 g/mol. The molecule has 0 heterocycles. The van der Waals surface area contributed by atoms with Crippen LogP contribution in [-0.4, -0.2) is 37.5 Å². The zero-order chi connectivity index (χ0) is 19.2. The van der Waals surface area contributed by atoms with E-state index in [4.69, 9.17) is 0 Å². The summed E-state index contributed by atoms with van der Waals surface area (Å²) in [6, 6.07) is 4.22. The van der Waals surface area contributed by atoms with Crippen molar-refractivity contribution >= 4 is 35.8 Å². The van der Waals surface area contributed by atoms with Crippen LogP contribution in [0.15, 0.2) is 23.2 Å². The van der Waals surface area contributed by atoms with Crippen LogP contribution in [0.2, 0.25) is 0 Å². The summed E-state index contributed by atoms with van der Waals surface area (Å²) in [5.74, 6) is -0.219. The second-order valence-electron chi connectivity index (χ2n) is 7.47. The van der Waals surface area contributed by atoms with Gasteiger partial charge >= 0.3 is 0 Å². The van der Waals surface area contributed by atoms with Crippen molar-refractivity contribution in [2.75, 3.05) is 13.6 Å². The summed E-state index contributed by atoms with van der Waals surface area (Å²) >= 11 is 0. The van der Waals surface area contributed by atoms with Crippen molar-refractivity contribution in [3.8, 4) is 0 Å². The summed E-state index contributed by atoms with van der Waals surface area (Å²) in [5.41, 5.74) is 0.467. The highest BCUT2D eigenvalue weighted by atomic mass is 127. The Balaban J connectivity index is 0.00000280. The minimum Gasteiger partial charge on any atom is -0.356 e. The summed E-state index contributed by atoms with van der Waals surface area (Å²) in [6.45, 7) is 0.487. The van der Waals surface area contributed by atoms with Crippen LogP contribution >= 0.6 is 24.0 Å². The lowest BCUT2D eigenvalue weighted by molar-refractivity contribution is -0.126. The maximum atomic E-state index is 13.7. The number of guanidine groups is 1. The normalized spacial score (nSPS) is 22.2. The minimum absolute atomic E-state index is 0. The van der Waals surface area contributed by atoms with Gasteiger partial charge in [0.05, 0.1) is 0 Å². The van der Waals surface area contributed by atoms with E-state index in [9.17, 15) is 13.6 Å². The molecule has 2 aliphatic carbocycles. The molecule has 0 saturated heterocycles. The zero-order valence-corrected chi connectivity index (χ0v) is 18.5. The first-order valence-electron chi connectivity index (χ1n) is 9.76. The van der Waals surface area contributed by atoms with Crippen LogP contribution in [-0.2, 0) is 11.2 Å². The molecule has 0 aliphatic heterocycles. The van der Waals surface area contributed by atoms with Gasteiger partial charge in [-0.1, -0.05) is 12.5 Å². The Morgan fingerprint density at radius 3 is 2.61 bits per heavy atom. The van der Waals surface area contributed by atoms with Gasteiger partial charge in [0, 0.05) is 37.7 Å². The van der Waals surface area contributed by atoms with Crippen molar-refractivity contribution in [2.45, 2.75) is 57.0 Å². The molecule has 8 heteroatoms. The number of nitrogens with zero attached hydrogens (tertiary/aromatic N) is 1. The van der Waals surface area contributed by atoms with Gasteiger partial charge in [0.15, 0.2) is 5.96 Å². The van der Waals surface area contributed by atoms with Gasteiger partial charge in [-0.2, -0.15) is 0 Å². The van der Waals surface area contributed by atoms with Gasteiger partial charge in [0.2, 0.25) is 5.91 Å². The quantitative estimate of drug-likeness (QED) is 0.316. The number of halogens is 3. The van der Waals surface area contributed by atoms with Crippen molar-refractivity contribution in [1.29, 1.82) is 0 Å². The molecule has 2 saturated carbocycles. The summed E-state index contributed by atoms with van der Waals surface area (Å²) < 4.78 is 26.7. The molecule has 2 unspecified atom stereocenters. The maximum Gasteiger partial charge on any atom is 0.223 e. The van der Waals surface area contributed by atoms with E-state index >= 15 is 0 Å². The molecule has 156 valence electrons. The Morgan fingerprint density at radius 1 is 1.14 bits per heavy atom. The largest absolute Gasteiger partial charge is 0.356 e. The van der Waals surface area contributed by atoms with Crippen LogP contribution in [0.25, 0.3) is 0 Å². The summed E-state index contributed by atoms with van der Waals surface area (Å²) in [6.07, 6.45) is 6.39. The van der Waals surface area contributed by atoms with Gasteiger partial charge in [-0.15, -0.1) is 24.0 Å². The third kappa shape index (κ3) is 6.86. The Bertz CT molecular complexity index is 697. The number of nitrogens with one attached hydrogen (secondary N) is 3. The molecule has 2 aliphatic rings. The molecule has 2 fully saturated rings. The highest BCUT2D eigenvalue weighted by molar-refractivity contribution is 14.0. The number of carbonyl (C=O) groups is 1. The van der Waals surface area contributed by atoms with Crippen molar-refractivity contribution < 1.29 is 13.6 Å². The summed E-state index contributed by atoms with van der Waals surface area (Å²) in [4.78, 5) is 16.5. The smallest absolute Gasteiger partial charge is 0.223 e. The molecule has 3 N–H and O–H groups in total. The van der Waals surface area contributed by atoms with Crippen molar-refractivity contribution in [3.63, 3.8) is 0 Å². The third-order valence-corrected chi connectivity index (χ3v) is 5.24. The molecule has 0 spiro atoms. The first-order chi connectivity index (χ1) is 13.0. The van der Waals surface area contributed by atoms with E-state index in [0.717, 1.165) is 44.6 Å². The van der Waals surface area contributed by atoms with Crippen LogP contribution in [0.5, 0.6) is 0 Å². The van der Waals surface area contributed by atoms with Crippen LogP contribution in [0.3, 0.4) is 0 Å². The van der Waals surface area contributed by atoms with E-state index in [-0.39, 0.29) is 41.8 Å². The average Bonchev–Trinajstić information content (AvgIpc) is 3.47. The van der Waals surface area contributed by atoms with Gasteiger partial charge in [-0.3, -0.25) is 9.79 Å². The fourth-order valence-corrected chi connectivity index (χ4v) is 3.53. The average molecular weight is 506 g/mol. The molecule has 0 bridgehead atoms. The van der Waals surface area contributed by atoms with E-state index in [1.54, 1.807) is 7.05 Å². The molecule has 0 radical (unpaired) electrons. The summed E-state index contributed by atoms with van der Waals surface area (Å²) in [5, 5.41) is 9.64. The van der Waals surface area contributed by atoms with Gasteiger partial charge in [-0.25, -0.2) is 8.78 Å². The molecule has 2 atom stereocenters. The lowest BCUT2D eigenvalue weighted by Gasteiger charge is -2.30. The molecule has 1 aromatic rings. The van der Waals surface area contributed by atoms with Crippen molar-refractivity contribution in [2.24, 2.45) is 10.9 Å². The predicted molar refractivity (Wildman–Crippen MR) is 117 cm³/mol. The Kier molecular flexibility index (Phi) is 8.91. The molecule has 1 aromatic carbocycles. The Hall–Kier alpha value is -1.45. The van der Waals surface area contributed by atoms with Gasteiger partial charge in [-0.05, 0) is 50.2 Å². The number of amides is 1. The lowest BCUT2D eigenvalue weighted by Crippen LogP contribution is -2.47. The standard InChI is InChI=1S/C20H28F2N4O.HI/c1-23-20(24-10-9-13-5-6-15(21)12-18(13)22)26-17-4-2-3-14(11-17)19(27)25-16-7-8-16;/h5-6,12,14,16-17H,2-4,7-11H2,1H3,(H,25,27)(H2,23,24,26);1H. The summed E-state index contributed by atoms with van der Waals surface area (Å²) in [7, 11) is 1.69. The van der Waals surface area contributed by atoms with E-state index < -0.39 is 11.6 Å². The molecule has 3 rings (SSSR count). The highest BCUT2D eigenvalue weighted by Crippen LogP contribution is 2.26. The Morgan fingerprint density at radius 2 is 1.93 bits per heavy atom. The van der Waals surface area contributed by atoms with Crippen LogP contribution in [0, 0.1) is 17.6 Å². The second-order valence-corrected chi connectivity index (χ2v) is 7.47. The second kappa shape index (κ2) is 10.9. The van der Waals surface area contributed by atoms with Gasteiger partial charge in [0.1, 0.15) is 11.6 Å². The first-order valence-corrected chi connectivity index (χ1v) is 9.76. The topological polar surface area (TPSA) is 65.5 Å². The zero-order valence-electron chi connectivity index (χ0n) is 16.1. The fraction of sp³-hybridized carbons (Fsp3) is 0.600. The SMILES string of the molecule is CN=C(NCCc1ccc(F)cc1F)NC1CCCC(C(=O)NC2CC2)C1.I. The molecular weight excluding hydrogens is 477 g/mol. The number of benzene rings is 1. The fourth-order valence-electron chi connectivity index (χ4n) is 3.53. The molecule has 1 amide bonds. The minimum atomic E-state index is -0.570. The Labute approximate surface area is 182 Å². The first kappa shape index (κ1) is 22.8. The number of hydrogen-bond donors (Lipinski definition) is 3. The van der Waals surface area contributed by atoms with Crippen LogP contribution in [0.1, 0.15) is 44.1 Å².